The van der Waals surface area contributed by atoms with Gasteiger partial charge in [0.2, 0.25) is 0 Å². The number of hydrogen-bond acceptors (Lipinski definition) is 3. The maximum atomic E-state index is 12.3. The van der Waals surface area contributed by atoms with Gasteiger partial charge in [-0.3, -0.25) is 4.79 Å². The molecule has 2 aliphatic rings. The third-order valence-electron chi connectivity index (χ3n) is 7.40. The Morgan fingerprint density at radius 2 is 1.29 bits per heavy atom. The Morgan fingerprint density at radius 1 is 0.806 bits per heavy atom. The van der Waals surface area contributed by atoms with Gasteiger partial charge < -0.3 is 14.4 Å². The van der Waals surface area contributed by atoms with E-state index in [9.17, 15) is 9.35 Å². The molecule has 2 aliphatic heterocycles. The fourth-order valence-electron chi connectivity index (χ4n) is 5.65. The molecule has 0 spiro atoms. The second-order valence-electron chi connectivity index (χ2n) is 9.93. The standard InChI is InChI=1S/C26H48O4S/c1-2-3-4-5-6-9-13-20-31(29)21-14-12-16-23-22(24-18-19-25(23)30-24)15-10-7-8-11-17-26(27)28/h22-25H,2-21H2,1H3,(H,27,28)/t22?,23?,24-,25+,31?/m1/s1. The number of ether oxygens (including phenoxy) is 1. The van der Waals surface area contributed by atoms with Crippen LogP contribution in [0.2, 0.25) is 0 Å². The van der Waals surface area contributed by atoms with Crippen LogP contribution in [0, 0.1) is 11.8 Å². The summed E-state index contributed by atoms with van der Waals surface area (Å²) in [6.07, 6.45) is 21.7. The molecule has 2 bridgehead atoms. The second kappa shape index (κ2) is 16.4. The molecule has 2 saturated heterocycles. The average molecular weight is 457 g/mol. The molecule has 5 atom stereocenters. The van der Waals surface area contributed by atoms with Crippen LogP contribution in [0.3, 0.4) is 0 Å². The van der Waals surface area contributed by atoms with Gasteiger partial charge in [-0.1, -0.05) is 69.5 Å². The lowest BCUT2D eigenvalue weighted by Crippen LogP contribution is -2.27. The van der Waals surface area contributed by atoms with E-state index in [1.165, 1.54) is 77.0 Å². The largest absolute Gasteiger partial charge is 0.616 e. The zero-order chi connectivity index (χ0) is 22.3. The van der Waals surface area contributed by atoms with Crippen molar-refractivity contribution in [1.82, 2.24) is 0 Å². The monoisotopic (exact) mass is 456 g/mol. The fraction of sp³-hybridized carbons (Fsp3) is 0.962. The Balaban J connectivity index is 1.51. The van der Waals surface area contributed by atoms with Crippen LogP contribution in [0.15, 0.2) is 0 Å². The van der Waals surface area contributed by atoms with Crippen LogP contribution >= 0.6 is 0 Å². The molecular formula is C26H48O4S. The maximum absolute atomic E-state index is 12.3. The van der Waals surface area contributed by atoms with Crippen molar-refractivity contribution in [3.8, 4) is 0 Å². The molecule has 31 heavy (non-hydrogen) atoms. The van der Waals surface area contributed by atoms with Crippen molar-refractivity contribution in [1.29, 1.82) is 0 Å². The predicted molar refractivity (Wildman–Crippen MR) is 130 cm³/mol. The van der Waals surface area contributed by atoms with Crippen molar-refractivity contribution in [2.75, 3.05) is 11.5 Å². The lowest BCUT2D eigenvalue weighted by molar-refractivity contribution is -0.137. The normalized spacial score (nSPS) is 25.9. The van der Waals surface area contributed by atoms with Gasteiger partial charge in [-0.2, -0.15) is 0 Å². The number of fused-ring (bicyclic) bond motifs is 2. The number of carbonyl (C=O) groups is 1. The van der Waals surface area contributed by atoms with Crippen molar-refractivity contribution in [3.05, 3.63) is 0 Å². The lowest BCUT2D eigenvalue weighted by Gasteiger charge is -2.28. The van der Waals surface area contributed by atoms with Crippen molar-refractivity contribution in [2.45, 2.75) is 135 Å². The number of carboxylic acid groups (broad SMARTS) is 1. The minimum absolute atomic E-state index is 0.306. The van der Waals surface area contributed by atoms with Crippen LogP contribution < -0.4 is 0 Å². The second-order valence-corrected chi connectivity index (χ2v) is 11.6. The van der Waals surface area contributed by atoms with E-state index in [1.54, 1.807) is 0 Å². The zero-order valence-electron chi connectivity index (χ0n) is 20.0. The van der Waals surface area contributed by atoms with E-state index in [1.807, 2.05) is 0 Å². The number of rotatable bonds is 20. The van der Waals surface area contributed by atoms with Crippen LogP contribution in [0.25, 0.3) is 0 Å². The van der Waals surface area contributed by atoms with Crippen LogP contribution in [0.1, 0.15) is 122 Å². The highest BCUT2D eigenvalue weighted by Crippen LogP contribution is 2.47. The van der Waals surface area contributed by atoms with E-state index in [4.69, 9.17) is 9.84 Å². The molecule has 4 nitrogen and oxygen atoms in total. The summed E-state index contributed by atoms with van der Waals surface area (Å²) < 4.78 is 18.5. The Labute approximate surface area is 194 Å². The van der Waals surface area contributed by atoms with E-state index in [0.717, 1.165) is 43.6 Å². The average Bonchev–Trinajstić information content (AvgIpc) is 3.35. The van der Waals surface area contributed by atoms with Gasteiger partial charge in [-0.25, -0.2) is 0 Å². The Bertz CT molecular complexity index is 472. The van der Waals surface area contributed by atoms with Gasteiger partial charge in [0.05, 0.1) is 12.2 Å². The first-order chi connectivity index (χ1) is 15.1. The van der Waals surface area contributed by atoms with Gasteiger partial charge in [0.25, 0.3) is 0 Å². The topological polar surface area (TPSA) is 69.6 Å². The first-order valence-electron chi connectivity index (χ1n) is 13.3. The summed E-state index contributed by atoms with van der Waals surface area (Å²) in [7, 11) is 0. The number of aliphatic carboxylic acids is 1. The smallest absolute Gasteiger partial charge is 0.303 e. The molecule has 1 N–H and O–H groups in total. The molecule has 0 amide bonds. The fourth-order valence-corrected chi connectivity index (χ4v) is 6.90. The maximum Gasteiger partial charge on any atom is 0.303 e. The first kappa shape index (κ1) is 27.0. The molecule has 0 aliphatic carbocycles. The number of hydrogen-bond donors (Lipinski definition) is 1. The minimum atomic E-state index is -0.676. The van der Waals surface area contributed by atoms with Crippen LogP contribution in [-0.2, 0) is 20.7 Å². The minimum Gasteiger partial charge on any atom is -0.616 e. The third kappa shape index (κ3) is 10.9. The van der Waals surface area contributed by atoms with E-state index in [-0.39, 0.29) is 0 Å². The van der Waals surface area contributed by atoms with E-state index in [0.29, 0.717) is 30.5 Å². The highest BCUT2D eigenvalue weighted by Gasteiger charge is 2.47. The molecule has 0 radical (unpaired) electrons. The molecule has 3 unspecified atom stereocenters. The summed E-state index contributed by atoms with van der Waals surface area (Å²) in [5.74, 6) is 2.51. The Kier molecular flexibility index (Phi) is 14.2. The molecule has 0 saturated carbocycles. The summed E-state index contributed by atoms with van der Waals surface area (Å²) in [6, 6.07) is 0. The van der Waals surface area contributed by atoms with Gasteiger partial charge in [-0.15, -0.1) is 0 Å². The molecule has 2 rings (SSSR count). The summed E-state index contributed by atoms with van der Waals surface area (Å²) in [5.41, 5.74) is 0. The SMILES string of the molecule is CCCCCCCCC[S+]([O-])CCCCC1C(CCCCCCC(=O)O)[C@H]2CC[C@@H]1O2. The van der Waals surface area contributed by atoms with E-state index in [2.05, 4.69) is 6.92 Å². The molecular weight excluding hydrogens is 408 g/mol. The van der Waals surface area contributed by atoms with Crippen LogP contribution in [0.5, 0.6) is 0 Å². The first-order valence-corrected chi connectivity index (χ1v) is 14.8. The molecule has 0 aromatic rings. The lowest BCUT2D eigenvalue weighted by atomic mass is 9.74. The van der Waals surface area contributed by atoms with Crippen molar-refractivity contribution in [3.63, 3.8) is 0 Å². The van der Waals surface area contributed by atoms with Gasteiger partial charge in [0.1, 0.15) is 11.5 Å². The third-order valence-corrected chi connectivity index (χ3v) is 8.89. The number of unbranched alkanes of at least 4 members (excludes halogenated alkanes) is 10. The molecule has 0 aromatic carbocycles. The summed E-state index contributed by atoms with van der Waals surface area (Å²) in [5, 5.41) is 8.74. The van der Waals surface area contributed by atoms with Crippen molar-refractivity contribution >= 4 is 17.1 Å². The van der Waals surface area contributed by atoms with Crippen molar-refractivity contribution < 1.29 is 19.2 Å². The predicted octanol–water partition coefficient (Wildman–Crippen LogP) is 6.87. The summed E-state index contributed by atoms with van der Waals surface area (Å²) in [6.45, 7) is 2.25. The van der Waals surface area contributed by atoms with Crippen molar-refractivity contribution in [2.24, 2.45) is 11.8 Å². The number of carboxylic acids is 1. The van der Waals surface area contributed by atoms with Gasteiger partial charge in [0.15, 0.2) is 0 Å². The Hall–Kier alpha value is -0.260. The highest BCUT2D eigenvalue weighted by molar-refractivity contribution is 7.91. The molecule has 2 fully saturated rings. The summed E-state index contributed by atoms with van der Waals surface area (Å²) in [4.78, 5) is 10.6. The van der Waals surface area contributed by atoms with Gasteiger partial charge in [0, 0.05) is 6.42 Å². The molecule has 2 heterocycles. The molecule has 182 valence electrons. The Morgan fingerprint density at radius 3 is 1.90 bits per heavy atom. The van der Waals surface area contributed by atoms with E-state index < -0.39 is 17.1 Å². The summed E-state index contributed by atoms with van der Waals surface area (Å²) >= 11 is -0.627. The molecule has 5 heteroatoms. The zero-order valence-corrected chi connectivity index (χ0v) is 20.8. The molecule has 0 aromatic heterocycles. The van der Waals surface area contributed by atoms with Crippen LogP contribution in [-0.4, -0.2) is 39.3 Å². The quantitative estimate of drug-likeness (QED) is 0.160. The van der Waals surface area contributed by atoms with E-state index >= 15 is 0 Å². The highest BCUT2D eigenvalue weighted by atomic mass is 32.2. The van der Waals surface area contributed by atoms with Gasteiger partial charge >= 0.3 is 5.97 Å². The van der Waals surface area contributed by atoms with Gasteiger partial charge in [-0.05, 0) is 69.6 Å². The van der Waals surface area contributed by atoms with Crippen LogP contribution in [0.4, 0.5) is 0 Å².